The molecule has 0 unspecified atom stereocenters. The van der Waals surface area contributed by atoms with Gasteiger partial charge in [-0.05, 0) is 42.5 Å². The summed E-state index contributed by atoms with van der Waals surface area (Å²) in [4.78, 5) is 14.8. The van der Waals surface area contributed by atoms with Crippen molar-refractivity contribution >= 4 is 43.7 Å². The summed E-state index contributed by atoms with van der Waals surface area (Å²) < 4.78 is 7.93. The van der Waals surface area contributed by atoms with Crippen LogP contribution < -0.4 is 0 Å². The minimum Gasteiger partial charge on any atom is -0.464 e. The number of hydrogen-bond donors (Lipinski definition) is 0. The number of nitrogens with zero attached hydrogens (tertiary/aromatic N) is 4. The Morgan fingerprint density at radius 2 is 1.37 bits per heavy atom. The summed E-state index contributed by atoms with van der Waals surface area (Å²) in [6, 6.07) is 37.2. The normalized spacial score (nSPS) is 11.7. The van der Waals surface area contributed by atoms with Crippen LogP contribution in [0.25, 0.3) is 72.1 Å². The number of hydrogen-bond acceptors (Lipinski definition) is 4. The molecule has 38 heavy (non-hydrogen) atoms. The zero-order valence-electron chi connectivity index (χ0n) is 20.2. The lowest BCUT2D eigenvalue weighted by molar-refractivity contribution is 0.616. The van der Waals surface area contributed by atoms with Crippen LogP contribution in [0.1, 0.15) is 0 Å². The highest BCUT2D eigenvalue weighted by atomic mass is 16.3. The van der Waals surface area contributed by atoms with Crippen LogP contribution in [0.4, 0.5) is 0 Å². The van der Waals surface area contributed by atoms with E-state index in [2.05, 4.69) is 70.2 Å². The molecule has 0 aliphatic carbocycles. The van der Waals surface area contributed by atoms with E-state index in [1.165, 1.54) is 0 Å². The van der Waals surface area contributed by atoms with Gasteiger partial charge in [0.25, 0.3) is 0 Å². The summed E-state index contributed by atoms with van der Waals surface area (Å²) >= 11 is 0. The molecule has 0 bridgehead atoms. The van der Waals surface area contributed by atoms with Crippen LogP contribution in [0.15, 0.2) is 126 Å². The van der Waals surface area contributed by atoms with E-state index in [9.17, 15) is 0 Å². The van der Waals surface area contributed by atoms with Crippen molar-refractivity contribution in [2.75, 3.05) is 0 Å². The zero-order chi connectivity index (χ0) is 25.1. The van der Waals surface area contributed by atoms with Crippen LogP contribution in [-0.2, 0) is 0 Å². The molecule has 4 aromatic carbocycles. The maximum Gasteiger partial charge on any atom is 0.235 e. The Kier molecular flexibility index (Phi) is 4.45. The quantitative estimate of drug-likeness (QED) is 0.251. The van der Waals surface area contributed by atoms with Crippen LogP contribution in [-0.4, -0.2) is 19.5 Å². The number of aromatic nitrogens is 4. The molecule has 0 radical (unpaired) electrons. The second kappa shape index (κ2) is 8.11. The fraction of sp³-hybridized carbons (Fsp3) is 0. The molecule has 0 atom stereocenters. The monoisotopic (exact) mass is 488 g/mol. The van der Waals surface area contributed by atoms with Gasteiger partial charge >= 0.3 is 0 Å². The van der Waals surface area contributed by atoms with Gasteiger partial charge in [-0.1, -0.05) is 66.7 Å². The molecular formula is C33H20N4O. The molecule has 0 fully saturated rings. The fourth-order valence-corrected chi connectivity index (χ4v) is 5.43. The van der Waals surface area contributed by atoms with Gasteiger partial charge in [0.1, 0.15) is 5.58 Å². The topological polar surface area (TPSA) is 56.7 Å². The minimum absolute atomic E-state index is 0.632. The van der Waals surface area contributed by atoms with Crippen LogP contribution in [0.3, 0.4) is 0 Å². The van der Waals surface area contributed by atoms with Gasteiger partial charge < -0.3 is 4.42 Å². The van der Waals surface area contributed by atoms with Crippen LogP contribution in [0.2, 0.25) is 0 Å². The second-order valence-corrected chi connectivity index (χ2v) is 9.33. The molecule has 5 nitrogen and oxygen atoms in total. The second-order valence-electron chi connectivity index (χ2n) is 9.33. The van der Waals surface area contributed by atoms with Gasteiger partial charge in [-0.15, -0.1) is 0 Å². The van der Waals surface area contributed by atoms with Gasteiger partial charge in [0.2, 0.25) is 5.95 Å². The molecule has 5 heteroatoms. The summed E-state index contributed by atoms with van der Waals surface area (Å²) in [7, 11) is 0. The summed E-state index contributed by atoms with van der Waals surface area (Å²) in [6.07, 6.45) is 3.55. The van der Waals surface area contributed by atoms with Gasteiger partial charge in [0.15, 0.2) is 0 Å². The number of benzene rings is 4. The SMILES string of the molecule is c1ccc(-c2ccc(-c3nc(-n4c5ccccc5c5ccc6occc6c54)nc4ccccc34)cc2)nc1. The van der Waals surface area contributed by atoms with E-state index >= 15 is 0 Å². The molecule has 4 heterocycles. The fourth-order valence-electron chi connectivity index (χ4n) is 5.43. The van der Waals surface area contributed by atoms with Crippen molar-refractivity contribution in [3.63, 3.8) is 0 Å². The first kappa shape index (κ1) is 20.9. The van der Waals surface area contributed by atoms with E-state index in [-0.39, 0.29) is 0 Å². The maximum absolute atomic E-state index is 5.76. The highest BCUT2D eigenvalue weighted by molar-refractivity contribution is 6.17. The van der Waals surface area contributed by atoms with Crippen molar-refractivity contribution in [3.05, 3.63) is 122 Å². The lowest BCUT2D eigenvalue weighted by Crippen LogP contribution is -2.03. The standard InChI is InChI=1S/C33H20N4O/c1-3-10-28-25(8-1)31(22-14-12-21(13-15-22)27-9-5-6-19-34-27)36-33(35-28)37-29-11-4-2-7-23(29)24-16-17-30-26(32(24)37)18-20-38-30/h1-20H. The minimum atomic E-state index is 0.632. The molecule has 0 amide bonds. The average Bonchev–Trinajstić information content (AvgIpc) is 3.60. The number of furan rings is 1. The maximum atomic E-state index is 5.76. The molecular weight excluding hydrogens is 468 g/mol. The van der Waals surface area contributed by atoms with E-state index in [4.69, 9.17) is 14.4 Å². The Labute approximate surface area is 217 Å². The van der Waals surface area contributed by atoms with Crippen molar-refractivity contribution < 1.29 is 4.42 Å². The lowest BCUT2D eigenvalue weighted by atomic mass is 10.0. The van der Waals surface area contributed by atoms with Gasteiger partial charge in [0, 0.05) is 38.9 Å². The molecule has 0 aliphatic heterocycles. The molecule has 0 saturated heterocycles. The summed E-state index contributed by atoms with van der Waals surface area (Å²) in [5, 5.41) is 4.35. The zero-order valence-corrected chi connectivity index (χ0v) is 20.2. The van der Waals surface area contributed by atoms with E-state index in [0.29, 0.717) is 5.95 Å². The van der Waals surface area contributed by atoms with Crippen LogP contribution in [0.5, 0.6) is 0 Å². The molecule has 8 rings (SSSR count). The van der Waals surface area contributed by atoms with Crippen molar-refractivity contribution in [1.29, 1.82) is 0 Å². The number of rotatable bonds is 3. The molecule has 8 aromatic rings. The Balaban J connectivity index is 1.41. The molecule has 0 aliphatic rings. The average molecular weight is 489 g/mol. The van der Waals surface area contributed by atoms with Crippen molar-refractivity contribution in [2.45, 2.75) is 0 Å². The largest absolute Gasteiger partial charge is 0.464 e. The van der Waals surface area contributed by atoms with Crippen LogP contribution >= 0.6 is 0 Å². The highest BCUT2D eigenvalue weighted by Crippen LogP contribution is 2.37. The predicted molar refractivity (Wildman–Crippen MR) is 152 cm³/mol. The lowest BCUT2D eigenvalue weighted by Gasteiger charge is -2.12. The Morgan fingerprint density at radius 1 is 0.579 bits per heavy atom. The molecule has 0 spiro atoms. The van der Waals surface area contributed by atoms with Gasteiger partial charge in [-0.3, -0.25) is 9.55 Å². The smallest absolute Gasteiger partial charge is 0.235 e. The molecule has 0 saturated carbocycles. The van der Waals surface area contributed by atoms with Crippen molar-refractivity contribution in [3.8, 4) is 28.5 Å². The van der Waals surface area contributed by atoms with E-state index < -0.39 is 0 Å². The van der Waals surface area contributed by atoms with Crippen molar-refractivity contribution in [1.82, 2.24) is 19.5 Å². The third-order valence-corrected chi connectivity index (χ3v) is 7.18. The van der Waals surface area contributed by atoms with E-state index in [1.54, 1.807) is 6.26 Å². The summed E-state index contributed by atoms with van der Waals surface area (Å²) in [6.45, 7) is 0. The van der Waals surface area contributed by atoms with Crippen LogP contribution in [0, 0.1) is 0 Å². The third-order valence-electron chi connectivity index (χ3n) is 7.18. The molecule has 178 valence electrons. The molecule has 0 N–H and O–H groups in total. The first-order valence-electron chi connectivity index (χ1n) is 12.5. The van der Waals surface area contributed by atoms with Gasteiger partial charge in [0.05, 0.1) is 34.2 Å². The van der Waals surface area contributed by atoms with E-state index in [1.807, 2.05) is 54.7 Å². The highest BCUT2D eigenvalue weighted by Gasteiger charge is 2.19. The predicted octanol–water partition coefficient (Wildman–Crippen LogP) is 8.20. The Bertz CT molecular complexity index is 2120. The molecule has 4 aromatic heterocycles. The van der Waals surface area contributed by atoms with Crippen molar-refractivity contribution in [2.24, 2.45) is 0 Å². The summed E-state index contributed by atoms with van der Waals surface area (Å²) in [5.74, 6) is 0.632. The Hall–Kier alpha value is -5.29. The first-order valence-corrected chi connectivity index (χ1v) is 12.5. The van der Waals surface area contributed by atoms with Gasteiger partial charge in [-0.25, -0.2) is 9.97 Å². The third kappa shape index (κ3) is 3.09. The first-order chi connectivity index (χ1) is 18.8. The number of para-hydroxylation sites is 2. The number of pyridine rings is 1. The van der Waals surface area contributed by atoms with Gasteiger partial charge in [-0.2, -0.15) is 0 Å². The number of fused-ring (bicyclic) bond motifs is 6. The Morgan fingerprint density at radius 3 is 2.24 bits per heavy atom. The van der Waals surface area contributed by atoms with E-state index in [0.717, 1.165) is 66.2 Å². The summed E-state index contributed by atoms with van der Waals surface area (Å²) in [5.41, 5.74) is 7.77.